The SMILES string of the molecule is CCOC(=O)c1cc(C(C)C)sc1NC(=O)c1ccc(C)o1. The normalized spacial score (nSPS) is 10.8. The minimum atomic E-state index is -0.434. The molecule has 22 heavy (non-hydrogen) atoms. The van der Waals surface area contributed by atoms with Gasteiger partial charge in [-0.3, -0.25) is 4.79 Å². The minimum absolute atomic E-state index is 0.215. The first-order valence-corrected chi connectivity index (χ1v) is 7.92. The van der Waals surface area contributed by atoms with Crippen molar-refractivity contribution in [3.63, 3.8) is 0 Å². The predicted molar refractivity (Wildman–Crippen MR) is 85.8 cm³/mol. The lowest BCUT2D eigenvalue weighted by Gasteiger charge is -2.04. The Labute approximate surface area is 133 Å². The third-order valence-electron chi connectivity index (χ3n) is 3.01. The fourth-order valence-corrected chi connectivity index (χ4v) is 2.91. The third-order valence-corrected chi connectivity index (χ3v) is 4.36. The van der Waals surface area contributed by atoms with Crippen LogP contribution in [0.2, 0.25) is 0 Å². The Bertz CT molecular complexity index is 684. The van der Waals surface area contributed by atoms with E-state index in [-0.39, 0.29) is 24.2 Å². The van der Waals surface area contributed by atoms with E-state index in [0.29, 0.717) is 16.3 Å². The molecule has 0 saturated carbocycles. The monoisotopic (exact) mass is 321 g/mol. The summed E-state index contributed by atoms with van der Waals surface area (Å²) in [7, 11) is 0. The summed E-state index contributed by atoms with van der Waals surface area (Å²) in [5, 5.41) is 3.23. The third kappa shape index (κ3) is 3.57. The van der Waals surface area contributed by atoms with Gasteiger partial charge < -0.3 is 14.5 Å². The van der Waals surface area contributed by atoms with Gasteiger partial charge in [0.25, 0.3) is 5.91 Å². The summed E-state index contributed by atoms with van der Waals surface area (Å²) in [6.07, 6.45) is 0. The second-order valence-electron chi connectivity index (χ2n) is 5.13. The highest BCUT2D eigenvalue weighted by Gasteiger charge is 2.21. The first-order valence-electron chi connectivity index (χ1n) is 7.11. The van der Waals surface area contributed by atoms with Crippen LogP contribution in [0.3, 0.4) is 0 Å². The van der Waals surface area contributed by atoms with Crippen LogP contribution in [0.1, 0.15) is 58.2 Å². The van der Waals surface area contributed by atoms with E-state index in [1.165, 1.54) is 11.3 Å². The van der Waals surface area contributed by atoms with Gasteiger partial charge in [-0.2, -0.15) is 0 Å². The standard InChI is InChI=1S/C16H19NO4S/c1-5-20-16(19)11-8-13(9(2)3)22-15(11)17-14(18)12-7-6-10(4)21-12/h6-9H,5H2,1-4H3,(H,17,18). The fourth-order valence-electron chi connectivity index (χ4n) is 1.87. The van der Waals surface area contributed by atoms with Crippen molar-refractivity contribution in [1.82, 2.24) is 0 Å². The highest BCUT2D eigenvalue weighted by molar-refractivity contribution is 7.16. The summed E-state index contributed by atoms with van der Waals surface area (Å²) in [5.74, 6) is 0.318. The van der Waals surface area contributed by atoms with E-state index in [2.05, 4.69) is 5.32 Å². The molecule has 2 aromatic heterocycles. The van der Waals surface area contributed by atoms with E-state index in [4.69, 9.17) is 9.15 Å². The van der Waals surface area contributed by atoms with Crippen molar-refractivity contribution in [1.29, 1.82) is 0 Å². The molecule has 0 saturated heterocycles. The van der Waals surface area contributed by atoms with Crippen molar-refractivity contribution in [2.75, 3.05) is 11.9 Å². The van der Waals surface area contributed by atoms with Crippen LogP contribution in [-0.2, 0) is 4.74 Å². The van der Waals surface area contributed by atoms with Crippen LogP contribution in [0.15, 0.2) is 22.6 Å². The van der Waals surface area contributed by atoms with E-state index < -0.39 is 5.97 Å². The van der Waals surface area contributed by atoms with Crippen molar-refractivity contribution in [2.24, 2.45) is 0 Å². The van der Waals surface area contributed by atoms with Gasteiger partial charge >= 0.3 is 5.97 Å². The lowest BCUT2D eigenvalue weighted by Crippen LogP contribution is -2.13. The molecular weight excluding hydrogens is 302 g/mol. The summed E-state index contributed by atoms with van der Waals surface area (Å²) in [6.45, 7) is 7.86. The Hall–Kier alpha value is -2.08. The Morgan fingerprint density at radius 1 is 1.36 bits per heavy atom. The van der Waals surface area contributed by atoms with E-state index in [0.717, 1.165) is 4.88 Å². The van der Waals surface area contributed by atoms with Crippen molar-refractivity contribution in [3.05, 3.63) is 40.2 Å². The zero-order valence-electron chi connectivity index (χ0n) is 13.1. The number of thiophene rings is 1. The highest BCUT2D eigenvalue weighted by Crippen LogP contribution is 2.33. The van der Waals surface area contributed by atoms with Crippen LogP contribution in [0, 0.1) is 6.92 Å². The molecule has 2 rings (SSSR count). The topological polar surface area (TPSA) is 68.5 Å². The molecule has 0 aliphatic heterocycles. The molecule has 6 heteroatoms. The zero-order chi connectivity index (χ0) is 16.3. The molecule has 0 radical (unpaired) electrons. The van der Waals surface area contributed by atoms with Crippen LogP contribution in [0.4, 0.5) is 5.00 Å². The quantitative estimate of drug-likeness (QED) is 0.838. The van der Waals surface area contributed by atoms with E-state index in [1.807, 2.05) is 13.8 Å². The fraction of sp³-hybridized carbons (Fsp3) is 0.375. The number of anilines is 1. The van der Waals surface area contributed by atoms with Gasteiger partial charge in [0, 0.05) is 4.88 Å². The molecule has 0 aliphatic rings. The zero-order valence-corrected chi connectivity index (χ0v) is 13.9. The van der Waals surface area contributed by atoms with Crippen LogP contribution < -0.4 is 5.32 Å². The number of nitrogens with one attached hydrogen (secondary N) is 1. The molecule has 2 aromatic rings. The maximum Gasteiger partial charge on any atom is 0.341 e. The van der Waals surface area contributed by atoms with Gasteiger partial charge in [0.1, 0.15) is 10.8 Å². The second-order valence-corrected chi connectivity index (χ2v) is 6.21. The number of carbonyl (C=O) groups is 2. The van der Waals surface area contributed by atoms with Gasteiger partial charge in [0.2, 0.25) is 0 Å². The van der Waals surface area contributed by atoms with Gasteiger partial charge in [-0.25, -0.2) is 4.79 Å². The average Bonchev–Trinajstić information content (AvgIpc) is 3.05. The number of carbonyl (C=O) groups excluding carboxylic acids is 2. The number of rotatable bonds is 5. The second kappa shape index (κ2) is 6.79. The summed E-state index contributed by atoms with van der Waals surface area (Å²) >= 11 is 1.38. The average molecular weight is 321 g/mol. The number of hydrogen-bond acceptors (Lipinski definition) is 5. The molecule has 0 atom stereocenters. The lowest BCUT2D eigenvalue weighted by atomic mass is 10.1. The van der Waals surface area contributed by atoms with Crippen LogP contribution in [0.25, 0.3) is 0 Å². The first-order chi connectivity index (χ1) is 10.4. The van der Waals surface area contributed by atoms with Crippen molar-refractivity contribution in [3.8, 4) is 0 Å². The van der Waals surface area contributed by atoms with E-state index in [9.17, 15) is 9.59 Å². The number of ether oxygens (including phenoxy) is 1. The molecule has 0 spiro atoms. The summed E-state index contributed by atoms with van der Waals surface area (Å²) < 4.78 is 10.3. The van der Waals surface area contributed by atoms with Gasteiger partial charge in [-0.15, -0.1) is 11.3 Å². The number of hydrogen-bond donors (Lipinski definition) is 1. The molecule has 1 N–H and O–H groups in total. The molecule has 0 fully saturated rings. The molecule has 0 bridgehead atoms. The largest absolute Gasteiger partial charge is 0.462 e. The molecule has 0 aromatic carbocycles. The minimum Gasteiger partial charge on any atom is -0.462 e. The van der Waals surface area contributed by atoms with Crippen molar-refractivity contribution in [2.45, 2.75) is 33.6 Å². The van der Waals surface area contributed by atoms with Crippen LogP contribution in [-0.4, -0.2) is 18.5 Å². The molecule has 0 unspecified atom stereocenters. The van der Waals surface area contributed by atoms with Crippen molar-refractivity contribution >= 4 is 28.2 Å². The number of aryl methyl sites for hydroxylation is 1. The number of furan rings is 1. The molecule has 5 nitrogen and oxygen atoms in total. The summed E-state index contributed by atoms with van der Waals surface area (Å²) in [6, 6.07) is 5.09. The van der Waals surface area contributed by atoms with Gasteiger partial charge in [0.05, 0.1) is 12.2 Å². The van der Waals surface area contributed by atoms with Gasteiger partial charge in [-0.1, -0.05) is 13.8 Å². The van der Waals surface area contributed by atoms with Crippen LogP contribution in [0.5, 0.6) is 0 Å². The predicted octanol–water partition coefficient (Wildman–Crippen LogP) is 4.20. The van der Waals surface area contributed by atoms with Crippen molar-refractivity contribution < 1.29 is 18.7 Å². The smallest absolute Gasteiger partial charge is 0.341 e. The van der Waals surface area contributed by atoms with Gasteiger partial charge in [0.15, 0.2) is 5.76 Å². The maximum atomic E-state index is 12.2. The Kier molecular flexibility index (Phi) is 5.03. The summed E-state index contributed by atoms with van der Waals surface area (Å²) in [5.41, 5.74) is 0.382. The Morgan fingerprint density at radius 3 is 2.64 bits per heavy atom. The van der Waals surface area contributed by atoms with E-state index >= 15 is 0 Å². The Morgan fingerprint density at radius 2 is 2.09 bits per heavy atom. The summed E-state index contributed by atoms with van der Waals surface area (Å²) in [4.78, 5) is 25.2. The lowest BCUT2D eigenvalue weighted by molar-refractivity contribution is 0.0528. The van der Waals surface area contributed by atoms with Gasteiger partial charge in [-0.05, 0) is 38.0 Å². The molecule has 118 valence electrons. The van der Waals surface area contributed by atoms with Crippen LogP contribution >= 0.6 is 11.3 Å². The molecule has 2 heterocycles. The first kappa shape index (κ1) is 16.3. The molecule has 1 amide bonds. The number of esters is 1. The van der Waals surface area contributed by atoms with E-state index in [1.54, 1.807) is 32.0 Å². The molecular formula is C16H19NO4S. The number of amides is 1. The Balaban J connectivity index is 2.28. The highest BCUT2D eigenvalue weighted by atomic mass is 32.1. The molecule has 0 aliphatic carbocycles. The maximum absolute atomic E-state index is 12.2.